The highest BCUT2D eigenvalue weighted by Gasteiger charge is 2.33. The summed E-state index contributed by atoms with van der Waals surface area (Å²) in [6, 6.07) is 7.00. The molecule has 0 spiro atoms. The third-order valence-corrected chi connectivity index (χ3v) is 5.46. The molecule has 1 aliphatic heterocycles. The first kappa shape index (κ1) is 22.5. The molecule has 31 heavy (non-hydrogen) atoms. The quantitative estimate of drug-likeness (QED) is 0.549. The minimum atomic E-state index is -0.513. The summed E-state index contributed by atoms with van der Waals surface area (Å²) in [5.41, 5.74) is 4.68. The fourth-order valence-corrected chi connectivity index (χ4v) is 3.76. The number of hydrogen-bond acceptors (Lipinski definition) is 5. The lowest BCUT2D eigenvalue weighted by Gasteiger charge is -2.28. The Labute approximate surface area is 183 Å². The van der Waals surface area contributed by atoms with Crippen molar-refractivity contribution in [3.8, 4) is 23.0 Å². The summed E-state index contributed by atoms with van der Waals surface area (Å²) < 4.78 is 11.7. The number of phenols is 2. The van der Waals surface area contributed by atoms with Crippen LogP contribution in [0.2, 0.25) is 0 Å². The average Bonchev–Trinajstić information content (AvgIpc) is 2.70. The Balaban J connectivity index is 2.01. The molecule has 0 radical (unpaired) electrons. The number of rotatable bonds is 7. The number of ether oxygens (including phenoxy) is 2. The number of ketones is 1. The molecule has 2 aromatic carbocycles. The van der Waals surface area contributed by atoms with Crippen molar-refractivity contribution < 1.29 is 24.5 Å². The van der Waals surface area contributed by atoms with E-state index >= 15 is 0 Å². The predicted octanol–water partition coefficient (Wildman–Crippen LogP) is 5.83. The molecule has 5 heteroatoms. The fraction of sp³-hybridized carbons (Fsp3) is 0.346. The Morgan fingerprint density at radius 1 is 1.23 bits per heavy atom. The molecule has 0 amide bonds. The summed E-state index contributed by atoms with van der Waals surface area (Å²) in [4.78, 5) is 12.9. The van der Waals surface area contributed by atoms with Gasteiger partial charge in [-0.25, -0.2) is 0 Å². The third-order valence-electron chi connectivity index (χ3n) is 5.46. The second kappa shape index (κ2) is 9.29. The Morgan fingerprint density at radius 3 is 2.61 bits per heavy atom. The van der Waals surface area contributed by atoms with Crippen LogP contribution in [-0.2, 0) is 12.8 Å². The van der Waals surface area contributed by atoms with Crippen LogP contribution in [0.5, 0.6) is 23.0 Å². The molecule has 0 unspecified atom stereocenters. The zero-order valence-electron chi connectivity index (χ0n) is 18.6. The number of hydrogen-bond donors (Lipinski definition) is 2. The van der Waals surface area contributed by atoms with Crippen LogP contribution in [0.15, 0.2) is 48.1 Å². The molecule has 0 saturated carbocycles. The Morgan fingerprint density at radius 2 is 1.97 bits per heavy atom. The number of Topliss-reactive ketones (excluding diaryl/α,β-unsaturated/α-hetero) is 1. The van der Waals surface area contributed by atoms with E-state index in [2.05, 4.69) is 6.58 Å². The maximum absolute atomic E-state index is 12.9. The fourth-order valence-electron chi connectivity index (χ4n) is 3.76. The molecule has 3 rings (SSSR count). The predicted molar refractivity (Wildman–Crippen MR) is 121 cm³/mol. The summed E-state index contributed by atoms with van der Waals surface area (Å²) in [7, 11) is 1.64. The lowest BCUT2D eigenvalue weighted by atomic mass is 9.91. The van der Waals surface area contributed by atoms with E-state index in [4.69, 9.17) is 9.47 Å². The van der Waals surface area contributed by atoms with Crippen molar-refractivity contribution in [2.75, 3.05) is 7.11 Å². The maximum atomic E-state index is 12.9. The molecule has 0 aromatic heterocycles. The molecule has 1 heterocycles. The standard InChI is InChI=1S/C26H30O5/c1-15(2)6-8-17-12-18(9-11-23(17)30-5)24-14-22(29)25-21(28)13-20(27)19(26(25)31-24)10-7-16(3)4/h7,9,11-13,24,27-28H,1,6,8,10,14H2,2-5H3/t24-/m0/s1. The smallest absolute Gasteiger partial charge is 0.174 e. The number of phenolic OH excluding ortho intramolecular Hbond substituents is 2. The van der Waals surface area contributed by atoms with E-state index in [0.29, 0.717) is 12.0 Å². The molecule has 1 aliphatic rings. The molecule has 0 bridgehead atoms. The molecule has 0 aliphatic carbocycles. The molecule has 2 N–H and O–H groups in total. The number of allylic oxidation sites excluding steroid dienone is 3. The zero-order valence-corrected chi connectivity index (χ0v) is 18.6. The highest BCUT2D eigenvalue weighted by Crippen LogP contribution is 2.46. The van der Waals surface area contributed by atoms with E-state index in [1.807, 2.05) is 45.0 Å². The van der Waals surface area contributed by atoms with Gasteiger partial charge in [0.05, 0.1) is 13.5 Å². The van der Waals surface area contributed by atoms with Crippen molar-refractivity contribution >= 4 is 5.78 Å². The second-order valence-corrected chi connectivity index (χ2v) is 8.35. The first-order valence-electron chi connectivity index (χ1n) is 10.4. The SMILES string of the molecule is C=C(C)CCc1cc([C@@H]2CC(=O)c3c(O)cc(O)c(CC=C(C)C)c3O2)ccc1OC. The summed E-state index contributed by atoms with van der Waals surface area (Å²) in [5, 5.41) is 20.7. The number of methoxy groups -OCH3 is 1. The number of carbonyl (C=O) groups excluding carboxylic acids is 1. The van der Waals surface area contributed by atoms with Crippen molar-refractivity contribution in [3.63, 3.8) is 0 Å². The molecule has 0 fully saturated rings. The number of benzene rings is 2. The van der Waals surface area contributed by atoms with Gasteiger partial charge in [-0.2, -0.15) is 0 Å². The molecule has 164 valence electrons. The molecule has 0 saturated heterocycles. The highest BCUT2D eigenvalue weighted by molar-refractivity contribution is 6.03. The van der Waals surface area contributed by atoms with Crippen LogP contribution in [0.1, 0.15) is 66.8 Å². The molecule has 5 nitrogen and oxygen atoms in total. The first-order valence-corrected chi connectivity index (χ1v) is 10.4. The van der Waals surface area contributed by atoms with Gasteiger partial charge in [0.15, 0.2) is 5.78 Å². The van der Waals surface area contributed by atoms with Gasteiger partial charge >= 0.3 is 0 Å². The minimum absolute atomic E-state index is 0.0842. The van der Waals surface area contributed by atoms with Crippen molar-refractivity contribution in [1.82, 2.24) is 0 Å². The summed E-state index contributed by atoms with van der Waals surface area (Å²) in [6.45, 7) is 9.88. The van der Waals surface area contributed by atoms with Crippen molar-refractivity contribution in [2.24, 2.45) is 0 Å². The average molecular weight is 423 g/mol. The van der Waals surface area contributed by atoms with E-state index in [9.17, 15) is 15.0 Å². The van der Waals surface area contributed by atoms with Crippen LogP contribution in [0, 0.1) is 0 Å². The number of aryl methyl sites for hydroxylation is 1. The lowest BCUT2D eigenvalue weighted by molar-refractivity contribution is 0.0842. The highest BCUT2D eigenvalue weighted by atomic mass is 16.5. The third kappa shape index (κ3) is 4.93. The normalized spacial score (nSPS) is 15.1. The first-order chi connectivity index (χ1) is 14.7. The topological polar surface area (TPSA) is 76.0 Å². The van der Waals surface area contributed by atoms with Crippen LogP contribution < -0.4 is 9.47 Å². The van der Waals surface area contributed by atoms with Crippen LogP contribution in [-0.4, -0.2) is 23.1 Å². The van der Waals surface area contributed by atoms with Crippen LogP contribution in [0.25, 0.3) is 0 Å². The maximum Gasteiger partial charge on any atom is 0.174 e. The largest absolute Gasteiger partial charge is 0.507 e. The molecular weight excluding hydrogens is 392 g/mol. The van der Waals surface area contributed by atoms with Crippen molar-refractivity contribution in [1.29, 1.82) is 0 Å². The Bertz CT molecular complexity index is 1040. The van der Waals surface area contributed by atoms with Gasteiger partial charge < -0.3 is 19.7 Å². The van der Waals surface area contributed by atoms with Crippen LogP contribution >= 0.6 is 0 Å². The summed E-state index contributed by atoms with van der Waals surface area (Å²) in [5.74, 6) is 0.497. The van der Waals surface area contributed by atoms with E-state index in [1.165, 1.54) is 6.07 Å². The van der Waals surface area contributed by atoms with Crippen LogP contribution in [0.3, 0.4) is 0 Å². The van der Waals surface area contributed by atoms with Gasteiger partial charge in [-0.15, -0.1) is 6.58 Å². The Kier molecular flexibility index (Phi) is 6.74. The summed E-state index contributed by atoms with van der Waals surface area (Å²) in [6.07, 6.45) is 3.57. The van der Waals surface area contributed by atoms with Gasteiger partial charge in [-0.05, 0) is 63.3 Å². The van der Waals surface area contributed by atoms with Gasteiger partial charge in [0.25, 0.3) is 0 Å². The second-order valence-electron chi connectivity index (χ2n) is 8.35. The van der Waals surface area contributed by atoms with Gasteiger partial charge in [-0.1, -0.05) is 23.3 Å². The number of aromatic hydroxyl groups is 2. The van der Waals surface area contributed by atoms with Gasteiger partial charge in [0.2, 0.25) is 0 Å². The van der Waals surface area contributed by atoms with Crippen molar-refractivity contribution in [3.05, 3.63) is 70.3 Å². The summed E-state index contributed by atoms with van der Waals surface area (Å²) >= 11 is 0. The minimum Gasteiger partial charge on any atom is -0.507 e. The van der Waals surface area contributed by atoms with E-state index < -0.39 is 6.10 Å². The van der Waals surface area contributed by atoms with Gasteiger partial charge in [-0.3, -0.25) is 4.79 Å². The monoisotopic (exact) mass is 422 g/mol. The van der Waals surface area contributed by atoms with E-state index in [0.717, 1.165) is 40.9 Å². The molecule has 2 aromatic rings. The van der Waals surface area contributed by atoms with E-state index in [-0.39, 0.29) is 35.0 Å². The van der Waals surface area contributed by atoms with Crippen molar-refractivity contribution in [2.45, 2.75) is 52.6 Å². The number of fused-ring (bicyclic) bond motifs is 1. The van der Waals surface area contributed by atoms with E-state index in [1.54, 1.807) is 7.11 Å². The Hall–Kier alpha value is -3.21. The molecular formula is C26H30O5. The zero-order chi connectivity index (χ0) is 22.7. The lowest BCUT2D eigenvalue weighted by Crippen LogP contribution is -2.22. The van der Waals surface area contributed by atoms with Crippen LogP contribution in [0.4, 0.5) is 0 Å². The number of carbonyl (C=O) groups is 1. The van der Waals surface area contributed by atoms with Gasteiger partial charge in [0, 0.05) is 11.6 Å². The van der Waals surface area contributed by atoms with Gasteiger partial charge in [0.1, 0.15) is 34.7 Å². The molecule has 1 atom stereocenters.